The summed E-state index contributed by atoms with van der Waals surface area (Å²) in [4.78, 5) is 28.0. The minimum atomic E-state index is -1.03. The molecular weight excluding hydrogens is 488 g/mol. The number of rotatable bonds is 14. The van der Waals surface area contributed by atoms with Gasteiger partial charge in [-0.25, -0.2) is 0 Å². The summed E-state index contributed by atoms with van der Waals surface area (Å²) in [6.45, 7) is 2.13. The second-order valence-electron chi connectivity index (χ2n) is 9.31. The van der Waals surface area contributed by atoms with Crippen molar-refractivity contribution in [3.63, 3.8) is 0 Å². The van der Waals surface area contributed by atoms with Crippen molar-refractivity contribution in [2.24, 2.45) is 5.73 Å². The van der Waals surface area contributed by atoms with Crippen molar-refractivity contribution in [1.82, 2.24) is 0 Å². The molecule has 1 unspecified atom stereocenters. The van der Waals surface area contributed by atoms with Crippen LogP contribution in [0.4, 0.5) is 5.69 Å². The van der Waals surface area contributed by atoms with Crippen LogP contribution in [0.15, 0.2) is 36.4 Å². The normalized spacial score (nSPS) is 14.9. The molecule has 0 saturated heterocycles. The molecule has 2 aromatic rings. The lowest BCUT2D eigenvalue weighted by molar-refractivity contribution is -0.118. The Labute approximate surface area is 223 Å². The summed E-state index contributed by atoms with van der Waals surface area (Å²) in [5.41, 5.74) is 8.89. The molecule has 3 rings (SSSR count). The molecule has 0 aliphatic carbocycles. The zero-order valence-electron chi connectivity index (χ0n) is 21.9. The van der Waals surface area contributed by atoms with Crippen molar-refractivity contribution in [3.05, 3.63) is 53.1 Å². The highest BCUT2D eigenvalue weighted by Crippen LogP contribution is 2.37. The van der Waals surface area contributed by atoms with Crippen molar-refractivity contribution in [1.29, 1.82) is 0 Å². The lowest BCUT2D eigenvalue weighted by Gasteiger charge is -2.29. The number of ether oxygens (including phenoxy) is 2. The topological polar surface area (TPSA) is 143 Å². The molecule has 0 radical (unpaired) electrons. The molecule has 206 valence electrons. The maximum Gasteiger partial charge on any atom is 0.227 e. The van der Waals surface area contributed by atoms with E-state index in [9.17, 15) is 14.7 Å². The molecule has 1 heterocycles. The Kier molecular flexibility index (Phi) is 11.3. The van der Waals surface area contributed by atoms with Crippen molar-refractivity contribution in [3.8, 4) is 11.5 Å². The number of fused-ring (bicyclic) bond motifs is 2. The number of carbonyl (C=O) groups excluding carboxylic acids is 2. The number of benzene rings is 2. The average Bonchev–Trinajstić information content (AvgIpc) is 2.91. The third-order valence-electron chi connectivity index (χ3n) is 6.29. The van der Waals surface area contributed by atoms with E-state index in [1.165, 1.54) is 6.92 Å². The SMILES string of the molecule is CC(=O)/C1=C/c2ccc(OCC(O)CO)cc2N(C(=O)CCCCCN)Cc2cc(OCCCO)ccc21. The lowest BCUT2D eigenvalue weighted by atomic mass is 9.92. The van der Waals surface area contributed by atoms with Crippen molar-refractivity contribution in [2.75, 3.05) is 37.9 Å². The van der Waals surface area contributed by atoms with E-state index in [0.29, 0.717) is 60.7 Å². The number of aliphatic hydroxyl groups excluding tert-OH is 3. The number of hydrogen-bond acceptors (Lipinski definition) is 8. The van der Waals surface area contributed by atoms with Gasteiger partial charge in [-0.2, -0.15) is 0 Å². The van der Waals surface area contributed by atoms with Crippen LogP contribution in [0.1, 0.15) is 55.7 Å². The number of hydrogen-bond donors (Lipinski definition) is 4. The molecule has 1 amide bonds. The number of amides is 1. The lowest BCUT2D eigenvalue weighted by Crippen LogP contribution is -2.32. The minimum Gasteiger partial charge on any atom is -0.493 e. The number of Topliss-reactive ketones (excluding diaryl/α,β-unsaturated/α-hetero) is 1. The minimum absolute atomic E-state index is 0.0190. The molecule has 0 fully saturated rings. The maximum atomic E-state index is 13.6. The summed E-state index contributed by atoms with van der Waals surface area (Å²) >= 11 is 0. The van der Waals surface area contributed by atoms with Crippen LogP contribution in [0.2, 0.25) is 0 Å². The highest BCUT2D eigenvalue weighted by atomic mass is 16.5. The van der Waals surface area contributed by atoms with E-state index in [-0.39, 0.29) is 31.4 Å². The van der Waals surface area contributed by atoms with E-state index in [0.717, 1.165) is 24.0 Å². The first-order chi connectivity index (χ1) is 18.4. The zero-order valence-corrected chi connectivity index (χ0v) is 21.9. The van der Waals surface area contributed by atoms with Crippen molar-refractivity contribution < 1.29 is 34.4 Å². The molecule has 9 nitrogen and oxygen atoms in total. The molecule has 1 atom stereocenters. The first kappa shape index (κ1) is 29.3. The molecule has 0 spiro atoms. The number of anilines is 1. The van der Waals surface area contributed by atoms with E-state index >= 15 is 0 Å². The van der Waals surface area contributed by atoms with Gasteiger partial charge in [0.2, 0.25) is 5.91 Å². The van der Waals surface area contributed by atoms with Gasteiger partial charge in [0.25, 0.3) is 0 Å². The van der Waals surface area contributed by atoms with Crippen LogP contribution in [0.3, 0.4) is 0 Å². The summed E-state index contributed by atoms with van der Waals surface area (Å²) in [6.07, 6.45) is 3.96. The van der Waals surface area contributed by atoms with Gasteiger partial charge in [-0.3, -0.25) is 9.59 Å². The Balaban J connectivity index is 2.06. The van der Waals surface area contributed by atoms with Gasteiger partial charge in [0.05, 0.1) is 25.4 Å². The monoisotopic (exact) mass is 526 g/mol. The van der Waals surface area contributed by atoms with Crippen molar-refractivity contribution >= 4 is 29.0 Å². The van der Waals surface area contributed by atoms with Crippen LogP contribution in [0.25, 0.3) is 11.6 Å². The Hall–Kier alpha value is -3.24. The molecule has 9 heteroatoms. The first-order valence-electron chi connectivity index (χ1n) is 13.0. The fourth-order valence-corrected chi connectivity index (χ4v) is 4.26. The number of nitrogens with two attached hydrogens (primary N) is 1. The molecule has 0 aromatic heterocycles. The molecule has 38 heavy (non-hydrogen) atoms. The second kappa shape index (κ2) is 14.6. The largest absolute Gasteiger partial charge is 0.493 e. The number of allylic oxidation sites excluding steroid dienone is 1. The van der Waals surface area contributed by atoms with E-state index < -0.39 is 12.7 Å². The number of carbonyl (C=O) groups is 2. The van der Waals surface area contributed by atoms with Gasteiger partial charge in [-0.15, -0.1) is 0 Å². The average molecular weight is 527 g/mol. The Bertz CT molecular complexity index is 1130. The summed E-state index contributed by atoms with van der Waals surface area (Å²) in [5.74, 6) is 0.829. The van der Waals surface area contributed by atoms with Gasteiger partial charge in [0, 0.05) is 31.1 Å². The maximum absolute atomic E-state index is 13.6. The number of aliphatic hydroxyl groups is 3. The predicted molar refractivity (Wildman–Crippen MR) is 146 cm³/mol. The smallest absolute Gasteiger partial charge is 0.227 e. The van der Waals surface area contributed by atoms with Crippen LogP contribution in [0.5, 0.6) is 11.5 Å². The Morgan fingerprint density at radius 1 is 1.03 bits per heavy atom. The van der Waals surface area contributed by atoms with Crippen LogP contribution in [0, 0.1) is 0 Å². The van der Waals surface area contributed by atoms with Gasteiger partial charge < -0.3 is 35.4 Å². The number of unbranched alkanes of at least 4 members (excludes halogenated alkanes) is 2. The molecule has 2 aromatic carbocycles. The fraction of sp³-hybridized carbons (Fsp3) is 0.448. The van der Waals surface area contributed by atoms with Gasteiger partial charge in [-0.05, 0) is 73.3 Å². The predicted octanol–water partition coefficient (Wildman–Crippen LogP) is 2.68. The molecular formula is C29H38N2O7. The van der Waals surface area contributed by atoms with E-state index in [2.05, 4.69) is 0 Å². The van der Waals surface area contributed by atoms with Crippen molar-refractivity contribution in [2.45, 2.75) is 51.7 Å². The summed E-state index contributed by atoms with van der Waals surface area (Å²) in [7, 11) is 0. The summed E-state index contributed by atoms with van der Waals surface area (Å²) in [5, 5.41) is 27.9. The van der Waals surface area contributed by atoms with Gasteiger partial charge >= 0.3 is 0 Å². The highest BCUT2D eigenvalue weighted by molar-refractivity contribution is 6.25. The third-order valence-corrected chi connectivity index (χ3v) is 6.29. The van der Waals surface area contributed by atoms with E-state index in [4.69, 9.17) is 25.4 Å². The number of ketones is 1. The fourth-order valence-electron chi connectivity index (χ4n) is 4.26. The number of nitrogens with zero attached hydrogens (tertiary/aromatic N) is 1. The summed E-state index contributed by atoms with van der Waals surface area (Å²) in [6, 6.07) is 10.7. The van der Waals surface area contributed by atoms with Gasteiger partial charge in [0.15, 0.2) is 5.78 Å². The van der Waals surface area contributed by atoms with Crippen LogP contribution < -0.4 is 20.1 Å². The highest BCUT2D eigenvalue weighted by Gasteiger charge is 2.25. The molecule has 1 aliphatic heterocycles. The van der Waals surface area contributed by atoms with Crippen LogP contribution >= 0.6 is 0 Å². The first-order valence-corrected chi connectivity index (χ1v) is 13.0. The summed E-state index contributed by atoms with van der Waals surface area (Å²) < 4.78 is 11.4. The van der Waals surface area contributed by atoms with Crippen LogP contribution in [-0.4, -0.2) is 66.1 Å². The Morgan fingerprint density at radius 3 is 2.50 bits per heavy atom. The molecule has 5 N–H and O–H groups in total. The molecule has 0 bridgehead atoms. The van der Waals surface area contributed by atoms with Crippen LogP contribution in [-0.2, 0) is 16.1 Å². The van der Waals surface area contributed by atoms with E-state index in [1.807, 2.05) is 12.1 Å². The second-order valence-corrected chi connectivity index (χ2v) is 9.31. The quantitative estimate of drug-likeness (QED) is 0.275. The third kappa shape index (κ3) is 7.88. The molecule has 0 saturated carbocycles. The molecule has 1 aliphatic rings. The van der Waals surface area contributed by atoms with E-state index in [1.54, 1.807) is 35.2 Å². The zero-order chi connectivity index (χ0) is 27.5. The Morgan fingerprint density at radius 2 is 1.79 bits per heavy atom. The van der Waals surface area contributed by atoms with Gasteiger partial charge in [-0.1, -0.05) is 12.5 Å². The standard InChI is InChI=1S/C29H38N2O7/c1-20(34)27-15-21-7-8-25(38-19-23(35)18-33)16-28(21)31(29(36)6-3-2-4-11-30)17-22-14-24(9-10-26(22)27)37-13-5-12-32/h7-10,14-16,23,32-33,35H,2-6,11-13,17-19,30H2,1H3/b27-15-. The van der Waals surface area contributed by atoms with Gasteiger partial charge in [0.1, 0.15) is 24.2 Å².